The number of halogens is 1. The second-order valence-corrected chi connectivity index (χ2v) is 12.7. The summed E-state index contributed by atoms with van der Waals surface area (Å²) in [5.41, 5.74) is 2.82. The fraction of sp³-hybridized carbons (Fsp3) is 0.926. The molecule has 4 aliphatic rings. The minimum absolute atomic E-state index is 0.396. The van der Waals surface area contributed by atoms with Gasteiger partial charge < -0.3 is 0 Å². The van der Waals surface area contributed by atoms with Crippen molar-refractivity contribution in [2.45, 2.75) is 111 Å². The standard InChI is InChI=1S/C27H45Cl/c1-18(2)7-6-8-19(3)23-11-12-24-22-10-9-20-17-21(28)13-15-26(20,4)25(22)14-16-27(23,24)5/h9,18-19,21-25H,6-8,10-17H2,1-5H3/t19?,21-,22?,23+,24?,25?,26-,27+/m1/s1. The lowest BCUT2D eigenvalue weighted by Gasteiger charge is -2.58. The smallest absolute Gasteiger partial charge is 0.0373 e. The van der Waals surface area contributed by atoms with Gasteiger partial charge in [-0.05, 0) is 97.7 Å². The Morgan fingerprint density at radius 3 is 2.54 bits per heavy atom. The van der Waals surface area contributed by atoms with Gasteiger partial charge in [-0.2, -0.15) is 0 Å². The van der Waals surface area contributed by atoms with Crippen LogP contribution in [0.2, 0.25) is 0 Å². The number of allylic oxidation sites excluding steroid dienone is 2. The van der Waals surface area contributed by atoms with E-state index in [1.54, 1.807) is 5.57 Å². The van der Waals surface area contributed by atoms with Gasteiger partial charge in [-0.15, -0.1) is 11.6 Å². The van der Waals surface area contributed by atoms with E-state index in [0.717, 1.165) is 35.5 Å². The Morgan fingerprint density at radius 2 is 1.79 bits per heavy atom. The Morgan fingerprint density at radius 1 is 1.00 bits per heavy atom. The van der Waals surface area contributed by atoms with Gasteiger partial charge in [0.15, 0.2) is 0 Å². The highest BCUT2D eigenvalue weighted by molar-refractivity contribution is 6.20. The Balaban J connectivity index is 1.49. The molecule has 0 aromatic rings. The third-order valence-corrected chi connectivity index (χ3v) is 10.6. The molecule has 8 atom stereocenters. The molecule has 0 saturated heterocycles. The van der Waals surface area contributed by atoms with Crippen molar-refractivity contribution >= 4 is 11.6 Å². The van der Waals surface area contributed by atoms with Gasteiger partial charge >= 0.3 is 0 Å². The Kier molecular flexibility index (Phi) is 6.03. The highest BCUT2D eigenvalue weighted by Crippen LogP contribution is 2.67. The summed E-state index contributed by atoms with van der Waals surface area (Å²) in [5, 5.41) is 0.396. The predicted molar refractivity (Wildman–Crippen MR) is 123 cm³/mol. The van der Waals surface area contributed by atoms with E-state index in [1.807, 2.05) is 0 Å². The summed E-state index contributed by atoms with van der Waals surface area (Å²) >= 11 is 6.56. The average Bonchev–Trinajstić information content (AvgIpc) is 2.99. The molecule has 3 fully saturated rings. The van der Waals surface area contributed by atoms with E-state index >= 15 is 0 Å². The van der Waals surface area contributed by atoms with Crippen molar-refractivity contribution in [2.75, 3.05) is 0 Å². The summed E-state index contributed by atoms with van der Waals surface area (Å²) in [6, 6.07) is 0. The average molecular weight is 405 g/mol. The predicted octanol–water partition coefficient (Wildman–Crippen LogP) is 8.64. The van der Waals surface area contributed by atoms with Crippen molar-refractivity contribution in [3.05, 3.63) is 11.6 Å². The van der Waals surface area contributed by atoms with Crippen LogP contribution in [0.15, 0.2) is 11.6 Å². The zero-order chi connectivity index (χ0) is 20.1. The topological polar surface area (TPSA) is 0 Å². The van der Waals surface area contributed by atoms with Gasteiger partial charge in [0.25, 0.3) is 0 Å². The molecule has 160 valence electrons. The molecule has 0 spiro atoms. The maximum Gasteiger partial charge on any atom is 0.0373 e. The van der Waals surface area contributed by atoms with Gasteiger partial charge in [0.2, 0.25) is 0 Å². The van der Waals surface area contributed by atoms with Crippen molar-refractivity contribution < 1.29 is 0 Å². The largest absolute Gasteiger partial charge is 0.123 e. The molecule has 0 aromatic heterocycles. The molecule has 0 bridgehead atoms. The second-order valence-electron chi connectivity index (χ2n) is 12.1. The second kappa shape index (κ2) is 7.94. The lowest BCUT2D eigenvalue weighted by molar-refractivity contribution is -0.0498. The SMILES string of the molecule is CC(C)CCCC(C)[C@@H]1CCC2C3CC=C4C[C@H](Cl)CC[C@@]4(C)C3CC[C@]21C. The summed E-state index contributed by atoms with van der Waals surface area (Å²) in [4.78, 5) is 0. The molecule has 0 aromatic carbocycles. The van der Waals surface area contributed by atoms with Crippen molar-refractivity contribution in [1.29, 1.82) is 0 Å². The monoisotopic (exact) mass is 404 g/mol. The summed E-state index contributed by atoms with van der Waals surface area (Å²) in [7, 11) is 0. The molecule has 1 heteroatoms. The van der Waals surface area contributed by atoms with E-state index in [0.29, 0.717) is 16.2 Å². The van der Waals surface area contributed by atoms with Crippen LogP contribution in [-0.2, 0) is 0 Å². The Hall–Kier alpha value is 0.0300. The van der Waals surface area contributed by atoms with Gasteiger partial charge in [-0.25, -0.2) is 0 Å². The number of hydrogen-bond acceptors (Lipinski definition) is 0. The van der Waals surface area contributed by atoms with Gasteiger partial charge in [0, 0.05) is 5.38 Å². The first-order valence-corrected chi connectivity index (χ1v) is 13.0. The molecule has 4 unspecified atom stereocenters. The van der Waals surface area contributed by atoms with Crippen LogP contribution in [0.1, 0.15) is 105 Å². The molecule has 0 amide bonds. The zero-order valence-electron chi connectivity index (χ0n) is 19.3. The molecular formula is C27H45Cl. The van der Waals surface area contributed by atoms with E-state index in [4.69, 9.17) is 11.6 Å². The first-order chi connectivity index (χ1) is 13.3. The maximum atomic E-state index is 6.56. The van der Waals surface area contributed by atoms with Crippen molar-refractivity contribution in [3.63, 3.8) is 0 Å². The normalized spacial score (nSPS) is 46.5. The highest BCUT2D eigenvalue weighted by Gasteiger charge is 2.58. The molecule has 3 saturated carbocycles. The van der Waals surface area contributed by atoms with Gasteiger partial charge in [-0.3, -0.25) is 0 Å². The van der Waals surface area contributed by atoms with E-state index in [2.05, 4.69) is 40.7 Å². The minimum atomic E-state index is 0.396. The summed E-state index contributed by atoms with van der Waals surface area (Å²) in [5.74, 6) is 5.62. The fourth-order valence-electron chi connectivity index (χ4n) is 8.64. The molecule has 4 rings (SSSR count). The van der Waals surface area contributed by atoms with Crippen LogP contribution >= 0.6 is 11.6 Å². The minimum Gasteiger partial charge on any atom is -0.123 e. The molecule has 4 aliphatic carbocycles. The number of fused-ring (bicyclic) bond motifs is 5. The molecule has 0 radical (unpaired) electrons. The molecule has 0 heterocycles. The molecule has 28 heavy (non-hydrogen) atoms. The van der Waals surface area contributed by atoms with E-state index in [9.17, 15) is 0 Å². The molecule has 0 N–H and O–H groups in total. The third-order valence-electron chi connectivity index (χ3n) is 10.2. The number of rotatable bonds is 5. The van der Waals surface area contributed by atoms with Crippen LogP contribution in [0.5, 0.6) is 0 Å². The number of alkyl halides is 1. The summed E-state index contributed by atoms with van der Waals surface area (Å²) < 4.78 is 0. The first kappa shape index (κ1) is 21.3. The number of hydrogen-bond donors (Lipinski definition) is 0. The Labute approximate surface area is 180 Å². The van der Waals surface area contributed by atoms with Crippen molar-refractivity contribution in [2.24, 2.45) is 46.3 Å². The first-order valence-electron chi connectivity index (χ1n) is 12.6. The highest BCUT2D eigenvalue weighted by atomic mass is 35.5. The summed E-state index contributed by atoms with van der Waals surface area (Å²) in [6.45, 7) is 12.7. The van der Waals surface area contributed by atoms with E-state index < -0.39 is 0 Å². The van der Waals surface area contributed by atoms with Crippen LogP contribution in [0, 0.1) is 46.3 Å². The molecular weight excluding hydrogens is 360 g/mol. The molecule has 0 nitrogen and oxygen atoms in total. The van der Waals surface area contributed by atoms with Crippen LogP contribution < -0.4 is 0 Å². The lowest BCUT2D eigenvalue weighted by Crippen LogP contribution is -2.50. The third kappa shape index (κ3) is 3.52. The van der Waals surface area contributed by atoms with Crippen molar-refractivity contribution in [3.8, 4) is 0 Å². The van der Waals surface area contributed by atoms with Crippen LogP contribution in [-0.4, -0.2) is 5.38 Å². The Bertz CT molecular complexity index is 591. The van der Waals surface area contributed by atoms with Crippen LogP contribution in [0.4, 0.5) is 0 Å². The maximum absolute atomic E-state index is 6.56. The lowest BCUT2D eigenvalue weighted by atomic mass is 9.47. The summed E-state index contributed by atoms with van der Waals surface area (Å²) in [6.07, 6.45) is 18.0. The zero-order valence-corrected chi connectivity index (χ0v) is 20.0. The van der Waals surface area contributed by atoms with Crippen molar-refractivity contribution in [1.82, 2.24) is 0 Å². The molecule has 0 aliphatic heterocycles. The van der Waals surface area contributed by atoms with E-state index in [1.165, 1.54) is 70.6 Å². The van der Waals surface area contributed by atoms with Gasteiger partial charge in [0.05, 0.1) is 0 Å². The van der Waals surface area contributed by atoms with Gasteiger partial charge in [0.1, 0.15) is 0 Å². The van der Waals surface area contributed by atoms with Crippen LogP contribution in [0.3, 0.4) is 0 Å². The van der Waals surface area contributed by atoms with E-state index in [-0.39, 0.29) is 0 Å². The quantitative estimate of drug-likeness (QED) is 0.317. The fourth-order valence-corrected chi connectivity index (χ4v) is 8.92. The van der Waals surface area contributed by atoms with Gasteiger partial charge in [-0.1, -0.05) is 65.5 Å². The van der Waals surface area contributed by atoms with Crippen LogP contribution in [0.25, 0.3) is 0 Å².